The molecule has 0 fully saturated rings. The first kappa shape index (κ1) is 16.0. The number of nitrogens with zero attached hydrogens (tertiary/aromatic N) is 3. The maximum absolute atomic E-state index is 4.51. The molecule has 0 spiro atoms. The molecule has 0 heterocycles. The van der Waals surface area contributed by atoms with Crippen molar-refractivity contribution in [1.29, 1.82) is 0 Å². The number of hydrogen-bond donors (Lipinski definition) is 0. The van der Waals surface area contributed by atoms with Crippen molar-refractivity contribution in [3.05, 3.63) is 58.7 Å². The topological polar surface area (TPSA) is 28.0 Å². The molecule has 0 saturated carbocycles. The molecule has 2 aromatic rings. The summed E-state index contributed by atoms with van der Waals surface area (Å²) in [5.41, 5.74) is 6.82. The summed E-state index contributed by atoms with van der Waals surface area (Å²) in [4.78, 5) is 10.9. The van der Waals surface area contributed by atoms with Crippen molar-refractivity contribution in [2.24, 2.45) is 9.98 Å². The van der Waals surface area contributed by atoms with Crippen LogP contribution in [-0.2, 0) is 0 Å². The van der Waals surface area contributed by atoms with Gasteiger partial charge in [0.15, 0.2) is 0 Å². The molecule has 0 N–H and O–H groups in total. The molecule has 3 heteroatoms. The van der Waals surface area contributed by atoms with Crippen LogP contribution < -0.4 is 0 Å². The molecular formula is C19H23N3. The van der Waals surface area contributed by atoms with Gasteiger partial charge in [0.2, 0.25) is 0 Å². The Bertz CT molecular complexity index is 653. The van der Waals surface area contributed by atoms with Crippen LogP contribution in [0.5, 0.6) is 0 Å². The summed E-state index contributed by atoms with van der Waals surface area (Å²) in [6.45, 7) is 8.32. The molecule has 0 atom stereocenters. The summed E-state index contributed by atoms with van der Waals surface area (Å²) in [5, 5.41) is 0. The van der Waals surface area contributed by atoms with Gasteiger partial charge in [0.25, 0.3) is 0 Å². The van der Waals surface area contributed by atoms with Gasteiger partial charge in [-0.3, -0.25) is 0 Å². The van der Waals surface area contributed by atoms with Crippen molar-refractivity contribution in [2.45, 2.75) is 27.7 Å². The zero-order valence-electron chi connectivity index (χ0n) is 14.0. The fraction of sp³-hybridized carbons (Fsp3) is 0.263. The molecule has 0 unspecified atom stereocenters. The Morgan fingerprint density at radius 2 is 1.14 bits per heavy atom. The predicted octanol–water partition coefficient (Wildman–Crippen LogP) is 4.87. The molecule has 0 saturated heterocycles. The number of benzene rings is 2. The van der Waals surface area contributed by atoms with Crippen molar-refractivity contribution >= 4 is 24.1 Å². The molecule has 3 nitrogen and oxygen atoms in total. The maximum atomic E-state index is 4.51. The van der Waals surface area contributed by atoms with Gasteiger partial charge in [0.05, 0.1) is 24.1 Å². The highest BCUT2D eigenvalue weighted by atomic mass is 15.1. The molecule has 0 amide bonds. The molecule has 0 aliphatic rings. The average Bonchev–Trinajstić information content (AvgIpc) is 2.45. The SMILES string of the molecule is Cc1ccc(/N=C\N(C)/C=N/c2ccc(C)cc2C)c(C)c1. The van der Waals surface area contributed by atoms with E-state index in [1.54, 1.807) is 12.7 Å². The number of aryl methyl sites for hydroxylation is 4. The lowest BCUT2D eigenvalue weighted by molar-refractivity contribution is 0.801. The zero-order chi connectivity index (χ0) is 16.1. The lowest BCUT2D eigenvalue weighted by Crippen LogP contribution is -2.12. The minimum absolute atomic E-state index is 0.984. The van der Waals surface area contributed by atoms with E-state index in [1.807, 2.05) is 24.1 Å². The number of hydrogen-bond acceptors (Lipinski definition) is 2. The summed E-state index contributed by atoms with van der Waals surface area (Å²) < 4.78 is 0. The molecule has 0 aliphatic heterocycles. The highest BCUT2D eigenvalue weighted by Crippen LogP contribution is 2.20. The lowest BCUT2D eigenvalue weighted by atomic mass is 10.1. The van der Waals surface area contributed by atoms with Gasteiger partial charge in [-0.2, -0.15) is 0 Å². The molecule has 22 heavy (non-hydrogen) atoms. The third-order valence-electron chi connectivity index (χ3n) is 3.46. The molecule has 2 aromatic carbocycles. The second kappa shape index (κ2) is 7.03. The Morgan fingerprint density at radius 3 is 1.50 bits per heavy atom. The van der Waals surface area contributed by atoms with Gasteiger partial charge in [0, 0.05) is 7.05 Å². The smallest absolute Gasteiger partial charge is 0.0961 e. The van der Waals surface area contributed by atoms with Crippen LogP contribution in [0, 0.1) is 27.7 Å². The van der Waals surface area contributed by atoms with Crippen molar-refractivity contribution in [1.82, 2.24) is 4.90 Å². The van der Waals surface area contributed by atoms with Gasteiger partial charge >= 0.3 is 0 Å². The van der Waals surface area contributed by atoms with Gasteiger partial charge < -0.3 is 4.90 Å². The lowest BCUT2D eigenvalue weighted by Gasteiger charge is -2.07. The second-order valence-corrected chi connectivity index (χ2v) is 5.73. The standard InChI is InChI=1S/C19H23N3/c1-14-6-8-18(16(3)10-14)20-12-22(5)13-21-19-9-7-15(2)11-17(19)4/h6-13H,1-5H3/b20-12-,21-13+. The molecule has 0 radical (unpaired) electrons. The monoisotopic (exact) mass is 293 g/mol. The Labute approximate surface area is 133 Å². The van der Waals surface area contributed by atoms with E-state index in [9.17, 15) is 0 Å². The van der Waals surface area contributed by atoms with Gasteiger partial charge in [-0.25, -0.2) is 9.98 Å². The van der Waals surface area contributed by atoms with E-state index in [0.717, 1.165) is 11.4 Å². The largest absolute Gasteiger partial charge is 0.326 e. The van der Waals surface area contributed by atoms with E-state index >= 15 is 0 Å². The predicted molar refractivity (Wildman–Crippen MR) is 95.9 cm³/mol. The summed E-state index contributed by atoms with van der Waals surface area (Å²) >= 11 is 0. The summed E-state index contributed by atoms with van der Waals surface area (Å²) in [5.74, 6) is 0. The van der Waals surface area contributed by atoms with Crippen LogP contribution >= 0.6 is 0 Å². The van der Waals surface area contributed by atoms with E-state index in [2.05, 4.69) is 61.9 Å². The second-order valence-electron chi connectivity index (χ2n) is 5.73. The quantitative estimate of drug-likeness (QED) is 0.583. The van der Waals surface area contributed by atoms with E-state index in [1.165, 1.54) is 22.3 Å². The van der Waals surface area contributed by atoms with Crippen LogP contribution in [0.3, 0.4) is 0 Å². The van der Waals surface area contributed by atoms with Crippen molar-refractivity contribution in [2.75, 3.05) is 7.05 Å². The first-order valence-corrected chi connectivity index (χ1v) is 7.40. The van der Waals surface area contributed by atoms with Crippen LogP contribution in [0.1, 0.15) is 22.3 Å². The van der Waals surface area contributed by atoms with Gasteiger partial charge in [-0.05, 0) is 51.0 Å². The molecule has 0 aliphatic carbocycles. The Morgan fingerprint density at radius 1 is 0.727 bits per heavy atom. The molecular weight excluding hydrogens is 270 g/mol. The third-order valence-corrected chi connectivity index (χ3v) is 3.46. The van der Waals surface area contributed by atoms with Crippen molar-refractivity contribution in [3.8, 4) is 0 Å². The van der Waals surface area contributed by atoms with Crippen molar-refractivity contribution < 1.29 is 0 Å². The summed E-state index contributed by atoms with van der Waals surface area (Å²) in [7, 11) is 1.93. The van der Waals surface area contributed by atoms with E-state index in [4.69, 9.17) is 0 Å². The normalized spacial score (nSPS) is 11.5. The highest BCUT2D eigenvalue weighted by molar-refractivity contribution is 5.78. The minimum atomic E-state index is 0.984. The Balaban J connectivity index is 2.07. The van der Waals surface area contributed by atoms with E-state index in [0.29, 0.717) is 0 Å². The van der Waals surface area contributed by atoms with Crippen LogP contribution in [0.4, 0.5) is 11.4 Å². The van der Waals surface area contributed by atoms with Crippen LogP contribution in [0.2, 0.25) is 0 Å². The fourth-order valence-electron chi connectivity index (χ4n) is 2.24. The van der Waals surface area contributed by atoms with Crippen LogP contribution in [-0.4, -0.2) is 24.6 Å². The first-order valence-electron chi connectivity index (χ1n) is 7.40. The van der Waals surface area contributed by atoms with Crippen LogP contribution in [0.25, 0.3) is 0 Å². The fourth-order valence-corrected chi connectivity index (χ4v) is 2.24. The van der Waals surface area contributed by atoms with Gasteiger partial charge in [0.1, 0.15) is 0 Å². The van der Waals surface area contributed by atoms with Gasteiger partial charge in [-0.1, -0.05) is 35.4 Å². The number of aliphatic imine (C=N–C) groups is 2. The number of rotatable bonds is 4. The van der Waals surface area contributed by atoms with Crippen molar-refractivity contribution in [3.63, 3.8) is 0 Å². The highest BCUT2D eigenvalue weighted by Gasteiger charge is 1.97. The van der Waals surface area contributed by atoms with E-state index in [-0.39, 0.29) is 0 Å². The van der Waals surface area contributed by atoms with Gasteiger partial charge in [-0.15, -0.1) is 0 Å². The first-order chi connectivity index (χ1) is 10.5. The third kappa shape index (κ3) is 4.29. The zero-order valence-corrected chi connectivity index (χ0v) is 14.0. The van der Waals surface area contributed by atoms with Crippen LogP contribution in [0.15, 0.2) is 46.4 Å². The molecule has 0 aromatic heterocycles. The maximum Gasteiger partial charge on any atom is 0.0961 e. The minimum Gasteiger partial charge on any atom is -0.326 e. The summed E-state index contributed by atoms with van der Waals surface area (Å²) in [6.07, 6.45) is 3.56. The molecule has 0 bridgehead atoms. The summed E-state index contributed by atoms with van der Waals surface area (Å²) in [6, 6.07) is 12.5. The average molecular weight is 293 g/mol. The molecule has 114 valence electrons. The molecule has 2 rings (SSSR count). The Hall–Kier alpha value is -2.42. The van der Waals surface area contributed by atoms with E-state index < -0.39 is 0 Å². The Kier molecular flexibility index (Phi) is 5.10.